The molecule has 2 aromatic rings. The van der Waals surface area contributed by atoms with E-state index >= 15 is 0 Å². The van der Waals surface area contributed by atoms with Crippen molar-refractivity contribution >= 4 is 11.6 Å². The Labute approximate surface area is 160 Å². The third kappa shape index (κ3) is 5.51. The van der Waals surface area contributed by atoms with Gasteiger partial charge in [-0.3, -0.25) is 9.98 Å². The number of pyridine rings is 1. The predicted octanol–water partition coefficient (Wildman–Crippen LogP) is 3.04. The lowest BCUT2D eigenvalue weighted by molar-refractivity contribution is 0.324. The molecule has 7 heteroatoms. The molecule has 1 heterocycles. The van der Waals surface area contributed by atoms with Crippen molar-refractivity contribution in [3.8, 4) is 17.2 Å². The summed E-state index contributed by atoms with van der Waals surface area (Å²) in [6.07, 6.45) is 4.53. The Morgan fingerprint density at radius 2 is 1.81 bits per heavy atom. The van der Waals surface area contributed by atoms with Gasteiger partial charge in [0, 0.05) is 43.3 Å². The molecule has 0 radical (unpaired) electrons. The Hall–Kier alpha value is -2.96. The molecule has 0 aliphatic rings. The van der Waals surface area contributed by atoms with Gasteiger partial charge in [-0.25, -0.2) is 0 Å². The summed E-state index contributed by atoms with van der Waals surface area (Å²) in [5, 5.41) is 6.54. The molecule has 0 fully saturated rings. The van der Waals surface area contributed by atoms with E-state index in [0.717, 1.165) is 18.7 Å². The number of aromatic nitrogens is 1. The van der Waals surface area contributed by atoms with Gasteiger partial charge in [0.25, 0.3) is 0 Å². The summed E-state index contributed by atoms with van der Waals surface area (Å²) >= 11 is 0. The fourth-order valence-corrected chi connectivity index (χ4v) is 2.67. The molecule has 2 N–H and O–H groups in total. The van der Waals surface area contributed by atoms with Gasteiger partial charge in [0.15, 0.2) is 17.5 Å². The second-order valence-corrected chi connectivity index (χ2v) is 5.85. The molecule has 0 amide bonds. The van der Waals surface area contributed by atoms with Crippen molar-refractivity contribution < 1.29 is 14.2 Å². The van der Waals surface area contributed by atoms with Crippen LogP contribution in [0.15, 0.2) is 35.6 Å². The number of guanidine groups is 1. The molecular formula is C20H28N4O3. The Kier molecular flexibility index (Phi) is 7.73. The van der Waals surface area contributed by atoms with E-state index in [9.17, 15) is 0 Å². The second-order valence-electron chi connectivity index (χ2n) is 5.85. The fourth-order valence-electron chi connectivity index (χ4n) is 2.67. The smallest absolute Gasteiger partial charge is 0.203 e. The molecule has 0 unspecified atom stereocenters. The molecule has 1 aromatic heterocycles. The van der Waals surface area contributed by atoms with Gasteiger partial charge in [-0.15, -0.1) is 0 Å². The van der Waals surface area contributed by atoms with Gasteiger partial charge in [0.05, 0.1) is 21.3 Å². The molecule has 0 aliphatic heterocycles. The molecular weight excluding hydrogens is 344 g/mol. The van der Waals surface area contributed by atoms with Crippen LogP contribution >= 0.6 is 0 Å². The number of ether oxygens (including phenoxy) is 3. The molecule has 1 aromatic carbocycles. The van der Waals surface area contributed by atoms with Crippen LogP contribution in [0.2, 0.25) is 0 Å². The van der Waals surface area contributed by atoms with E-state index in [2.05, 4.69) is 27.5 Å². The fraction of sp³-hybridized carbons (Fsp3) is 0.400. The van der Waals surface area contributed by atoms with Crippen LogP contribution in [0.25, 0.3) is 0 Å². The number of nitrogens with one attached hydrogen (secondary N) is 2. The van der Waals surface area contributed by atoms with Crippen molar-refractivity contribution in [2.45, 2.75) is 20.3 Å². The summed E-state index contributed by atoms with van der Waals surface area (Å²) in [4.78, 5) is 8.79. The maximum absolute atomic E-state index is 5.40. The van der Waals surface area contributed by atoms with E-state index in [-0.39, 0.29) is 0 Å². The largest absolute Gasteiger partial charge is 0.493 e. The summed E-state index contributed by atoms with van der Waals surface area (Å²) in [7, 11) is 4.77. The van der Waals surface area contributed by atoms with Gasteiger partial charge in [-0.2, -0.15) is 0 Å². The van der Waals surface area contributed by atoms with Crippen LogP contribution in [0, 0.1) is 6.92 Å². The normalized spacial score (nSPS) is 11.1. The number of anilines is 1. The number of rotatable bonds is 8. The molecule has 0 bridgehead atoms. The highest BCUT2D eigenvalue weighted by Gasteiger charge is 2.14. The highest BCUT2D eigenvalue weighted by atomic mass is 16.5. The third-order valence-corrected chi connectivity index (χ3v) is 4.06. The minimum absolute atomic E-state index is 0.556. The molecule has 0 spiro atoms. The number of benzene rings is 1. The van der Waals surface area contributed by atoms with Crippen LogP contribution in [0.3, 0.4) is 0 Å². The first-order valence-electron chi connectivity index (χ1n) is 8.87. The molecule has 27 heavy (non-hydrogen) atoms. The molecule has 0 aliphatic carbocycles. The average molecular weight is 372 g/mol. The Morgan fingerprint density at radius 3 is 2.37 bits per heavy atom. The number of hydrogen-bond acceptors (Lipinski definition) is 5. The minimum atomic E-state index is 0.556. The highest BCUT2D eigenvalue weighted by molar-refractivity contribution is 5.94. The summed E-state index contributed by atoms with van der Waals surface area (Å²) < 4.78 is 16.2. The lowest BCUT2D eigenvalue weighted by Crippen LogP contribution is -2.31. The van der Waals surface area contributed by atoms with Gasteiger partial charge in [0.2, 0.25) is 5.75 Å². The van der Waals surface area contributed by atoms with Gasteiger partial charge in [-0.05, 0) is 37.5 Å². The summed E-state index contributed by atoms with van der Waals surface area (Å²) in [5.74, 6) is 2.42. The predicted molar refractivity (Wildman–Crippen MR) is 108 cm³/mol. The first kappa shape index (κ1) is 20.4. The maximum atomic E-state index is 5.40. The van der Waals surface area contributed by atoms with E-state index < -0.39 is 0 Å². The Balaban J connectivity index is 2.16. The zero-order chi connectivity index (χ0) is 19.6. The zero-order valence-electron chi connectivity index (χ0n) is 16.6. The summed E-state index contributed by atoms with van der Waals surface area (Å²) in [6, 6.07) is 5.73. The van der Waals surface area contributed by atoms with Crippen LogP contribution in [0.4, 0.5) is 5.69 Å². The number of hydrogen-bond donors (Lipinski definition) is 2. The van der Waals surface area contributed by atoms with Gasteiger partial charge >= 0.3 is 0 Å². The minimum Gasteiger partial charge on any atom is -0.493 e. The van der Waals surface area contributed by atoms with Crippen molar-refractivity contribution in [3.63, 3.8) is 0 Å². The second kappa shape index (κ2) is 10.3. The van der Waals surface area contributed by atoms with Gasteiger partial charge in [0.1, 0.15) is 0 Å². The molecule has 0 atom stereocenters. The Bertz CT molecular complexity index is 753. The molecule has 2 rings (SSSR count). The number of nitrogens with zero attached hydrogens (tertiary/aromatic N) is 2. The quantitative estimate of drug-likeness (QED) is 0.548. The number of aliphatic imine (C=N–C) groups is 1. The molecule has 146 valence electrons. The molecule has 0 saturated heterocycles. The highest BCUT2D eigenvalue weighted by Crippen LogP contribution is 2.39. The van der Waals surface area contributed by atoms with Crippen molar-refractivity contribution in [3.05, 3.63) is 41.7 Å². The number of aryl methyl sites for hydroxylation is 1. The van der Waals surface area contributed by atoms with Crippen LogP contribution in [-0.2, 0) is 6.42 Å². The van der Waals surface area contributed by atoms with Crippen molar-refractivity contribution in [1.82, 2.24) is 10.3 Å². The van der Waals surface area contributed by atoms with Crippen molar-refractivity contribution in [2.24, 2.45) is 4.99 Å². The monoisotopic (exact) mass is 372 g/mol. The lowest BCUT2D eigenvalue weighted by Gasteiger charge is -2.16. The first-order chi connectivity index (χ1) is 13.1. The average Bonchev–Trinajstić information content (AvgIpc) is 2.68. The molecule has 7 nitrogen and oxygen atoms in total. The van der Waals surface area contributed by atoms with E-state index in [1.807, 2.05) is 37.5 Å². The maximum Gasteiger partial charge on any atom is 0.203 e. The summed E-state index contributed by atoms with van der Waals surface area (Å²) in [5.41, 5.74) is 3.22. The van der Waals surface area contributed by atoms with Gasteiger partial charge in [-0.1, -0.05) is 0 Å². The summed E-state index contributed by atoms with van der Waals surface area (Å²) in [6.45, 7) is 5.50. The standard InChI is InChI=1S/C20H28N4O3/c1-6-22-20(23-10-8-15-7-9-21-13-14(15)2)24-16-11-17(25-3)19(27-5)18(12-16)26-4/h7,9,11-13H,6,8,10H2,1-5H3,(H2,22,23,24). The molecule has 0 saturated carbocycles. The SMILES string of the molecule is CCNC(=NCCc1ccncc1C)Nc1cc(OC)c(OC)c(OC)c1. The first-order valence-corrected chi connectivity index (χ1v) is 8.87. The van der Waals surface area contributed by atoms with Crippen LogP contribution in [0.1, 0.15) is 18.1 Å². The lowest BCUT2D eigenvalue weighted by atomic mass is 10.1. The van der Waals surface area contributed by atoms with Crippen LogP contribution < -0.4 is 24.8 Å². The van der Waals surface area contributed by atoms with Crippen LogP contribution in [-0.4, -0.2) is 45.4 Å². The van der Waals surface area contributed by atoms with Gasteiger partial charge < -0.3 is 24.8 Å². The van der Waals surface area contributed by atoms with E-state index in [1.165, 1.54) is 11.1 Å². The van der Waals surface area contributed by atoms with Crippen LogP contribution in [0.5, 0.6) is 17.2 Å². The van der Waals surface area contributed by atoms with E-state index in [0.29, 0.717) is 29.8 Å². The van der Waals surface area contributed by atoms with E-state index in [4.69, 9.17) is 14.2 Å². The topological polar surface area (TPSA) is 77.0 Å². The van der Waals surface area contributed by atoms with E-state index in [1.54, 1.807) is 21.3 Å². The van der Waals surface area contributed by atoms with Crippen molar-refractivity contribution in [2.75, 3.05) is 39.7 Å². The Morgan fingerprint density at radius 1 is 1.11 bits per heavy atom. The third-order valence-electron chi connectivity index (χ3n) is 4.06. The number of methoxy groups -OCH3 is 3. The van der Waals surface area contributed by atoms with Crippen molar-refractivity contribution in [1.29, 1.82) is 0 Å². The zero-order valence-corrected chi connectivity index (χ0v) is 16.6.